The number of benzene rings is 1. The van der Waals surface area contributed by atoms with E-state index in [9.17, 15) is 4.79 Å². The van der Waals surface area contributed by atoms with Gasteiger partial charge in [0.15, 0.2) is 20.4 Å². The number of Topliss-reactive ketones (excluding diaryl/α,β-unsaturated/α-hetero) is 1. The summed E-state index contributed by atoms with van der Waals surface area (Å²) in [4.78, 5) is 19.0. The van der Waals surface area contributed by atoms with E-state index in [0.29, 0.717) is 26.2 Å². The van der Waals surface area contributed by atoms with E-state index < -0.39 is 20.5 Å². The van der Waals surface area contributed by atoms with E-state index in [1.165, 1.54) is 0 Å². The van der Waals surface area contributed by atoms with Crippen LogP contribution in [0.4, 0.5) is 0 Å². The minimum atomic E-state index is -2.07. The molecule has 0 amide bonds. The Labute approximate surface area is 175 Å². The monoisotopic (exact) mass is 421 g/mol. The molecule has 162 valence electrons. The summed E-state index contributed by atoms with van der Waals surface area (Å²) in [6, 6.07) is 9.53. The van der Waals surface area contributed by atoms with Crippen LogP contribution in [0.15, 0.2) is 30.3 Å². The Morgan fingerprint density at radius 3 is 2.55 bits per heavy atom. The molecular formula is C22H35NO5Si. The third-order valence-corrected chi connectivity index (χ3v) is 10.7. The van der Waals surface area contributed by atoms with Crippen molar-refractivity contribution in [1.82, 2.24) is 5.06 Å². The summed E-state index contributed by atoms with van der Waals surface area (Å²) in [7, 11) is -2.07. The predicted molar refractivity (Wildman–Crippen MR) is 114 cm³/mol. The number of ether oxygens (including phenoxy) is 2. The van der Waals surface area contributed by atoms with Gasteiger partial charge in [0.2, 0.25) is 0 Å². The lowest BCUT2D eigenvalue weighted by Crippen LogP contribution is -2.62. The smallest absolute Gasteiger partial charge is 0.192 e. The van der Waals surface area contributed by atoms with Crippen LogP contribution in [0.1, 0.15) is 39.7 Å². The highest BCUT2D eigenvalue weighted by Crippen LogP contribution is 2.39. The van der Waals surface area contributed by atoms with Gasteiger partial charge in [-0.1, -0.05) is 51.1 Å². The van der Waals surface area contributed by atoms with E-state index in [1.54, 1.807) is 5.06 Å². The molecule has 2 aliphatic rings. The predicted octanol–water partition coefficient (Wildman–Crippen LogP) is 3.91. The Hall–Kier alpha value is -1.09. The van der Waals surface area contributed by atoms with Crippen LogP contribution in [-0.2, 0) is 30.1 Å². The number of carbonyl (C=O) groups excluding carboxylic acids is 1. The maximum absolute atomic E-state index is 13.0. The van der Waals surface area contributed by atoms with Crippen molar-refractivity contribution in [2.45, 2.75) is 83.3 Å². The first kappa shape index (κ1) is 22.6. The summed E-state index contributed by atoms with van der Waals surface area (Å²) in [5, 5.41) is 1.84. The summed E-state index contributed by atoms with van der Waals surface area (Å²) in [6.45, 7) is 14.3. The minimum Gasteiger partial charge on any atom is -0.409 e. The van der Waals surface area contributed by atoms with E-state index >= 15 is 0 Å². The number of rotatable bonds is 5. The van der Waals surface area contributed by atoms with Gasteiger partial charge in [0.05, 0.1) is 25.9 Å². The molecule has 1 aromatic rings. The Balaban J connectivity index is 1.85. The second-order valence-electron chi connectivity index (χ2n) is 9.47. The fourth-order valence-electron chi connectivity index (χ4n) is 3.51. The second-order valence-corrected chi connectivity index (χ2v) is 14.2. The highest BCUT2D eigenvalue weighted by atomic mass is 28.4. The van der Waals surface area contributed by atoms with Crippen LogP contribution >= 0.6 is 0 Å². The highest BCUT2D eigenvalue weighted by molar-refractivity contribution is 6.74. The van der Waals surface area contributed by atoms with Gasteiger partial charge in [-0.3, -0.25) is 9.63 Å². The van der Waals surface area contributed by atoms with Gasteiger partial charge in [-0.2, -0.15) is 5.06 Å². The van der Waals surface area contributed by atoms with Gasteiger partial charge in [0.1, 0.15) is 12.1 Å². The zero-order chi connectivity index (χ0) is 21.2. The largest absolute Gasteiger partial charge is 0.409 e. The van der Waals surface area contributed by atoms with Crippen molar-refractivity contribution in [1.29, 1.82) is 0 Å². The van der Waals surface area contributed by atoms with Gasteiger partial charge in [0.25, 0.3) is 0 Å². The van der Waals surface area contributed by atoms with Crippen molar-refractivity contribution in [2.75, 3.05) is 13.2 Å². The standard InChI is InChI=1S/C22H35NO5Si/c1-16-25-15-19(28-29(5,6)22(2,3)4)21(27-16)20-18(24)12-13-26-23(20)14-17-10-8-7-9-11-17/h7-11,16,19-21H,12-15H2,1-6H3/t16-,19+,20+,21-/m0/s1. The molecule has 3 rings (SSSR count). The van der Waals surface area contributed by atoms with Crippen LogP contribution in [0.2, 0.25) is 18.1 Å². The first-order valence-electron chi connectivity index (χ1n) is 10.5. The van der Waals surface area contributed by atoms with Crippen LogP contribution in [0.25, 0.3) is 0 Å². The number of nitrogens with zero attached hydrogens (tertiary/aromatic N) is 1. The molecule has 7 heteroatoms. The molecule has 2 saturated heterocycles. The Kier molecular flexibility index (Phi) is 6.98. The molecule has 0 aromatic heterocycles. The molecule has 1 aromatic carbocycles. The quantitative estimate of drug-likeness (QED) is 0.672. The van der Waals surface area contributed by atoms with Gasteiger partial charge >= 0.3 is 0 Å². The van der Waals surface area contributed by atoms with Crippen molar-refractivity contribution in [3.05, 3.63) is 35.9 Å². The number of hydrogen-bond acceptors (Lipinski definition) is 6. The SMILES string of the molecule is C[C@H]1OC[C@@H](O[Si](C)(C)C(C)(C)C)[C@@H]([C@H]2C(=O)CCON2Cc2ccccc2)O1. The van der Waals surface area contributed by atoms with Crippen molar-refractivity contribution < 1.29 is 23.5 Å². The third-order valence-electron chi connectivity index (χ3n) is 6.20. The number of ketones is 1. The van der Waals surface area contributed by atoms with E-state index in [1.807, 2.05) is 37.3 Å². The first-order chi connectivity index (χ1) is 13.6. The summed E-state index contributed by atoms with van der Waals surface area (Å²) >= 11 is 0. The van der Waals surface area contributed by atoms with Crippen molar-refractivity contribution in [3.63, 3.8) is 0 Å². The number of hydroxylamine groups is 2. The molecule has 0 saturated carbocycles. The summed E-state index contributed by atoms with van der Waals surface area (Å²) < 4.78 is 18.6. The third kappa shape index (κ3) is 5.34. The lowest BCUT2D eigenvalue weighted by molar-refractivity contribution is -0.289. The van der Waals surface area contributed by atoms with Crippen molar-refractivity contribution >= 4 is 14.1 Å². The molecule has 0 radical (unpaired) electrons. The molecule has 6 nitrogen and oxygen atoms in total. The van der Waals surface area contributed by atoms with Crippen LogP contribution < -0.4 is 0 Å². The Morgan fingerprint density at radius 2 is 1.90 bits per heavy atom. The minimum absolute atomic E-state index is 0.0530. The molecule has 2 heterocycles. The van der Waals surface area contributed by atoms with Crippen LogP contribution in [-0.4, -0.2) is 56.9 Å². The Bertz CT molecular complexity index is 690. The van der Waals surface area contributed by atoms with Gasteiger partial charge < -0.3 is 13.9 Å². The maximum atomic E-state index is 13.0. The van der Waals surface area contributed by atoms with E-state index in [4.69, 9.17) is 18.7 Å². The topological polar surface area (TPSA) is 57.2 Å². The summed E-state index contributed by atoms with van der Waals surface area (Å²) in [6.07, 6.45) is -0.726. The molecule has 0 bridgehead atoms. The van der Waals surface area contributed by atoms with Gasteiger partial charge in [-0.25, -0.2) is 0 Å². The molecule has 2 fully saturated rings. The molecule has 0 spiro atoms. The van der Waals surface area contributed by atoms with Crippen LogP contribution in [0.5, 0.6) is 0 Å². The van der Waals surface area contributed by atoms with Gasteiger partial charge in [-0.05, 0) is 30.6 Å². The van der Waals surface area contributed by atoms with Gasteiger partial charge in [0, 0.05) is 6.42 Å². The summed E-state index contributed by atoms with van der Waals surface area (Å²) in [5.74, 6) is 0.134. The fourth-order valence-corrected chi connectivity index (χ4v) is 4.83. The molecule has 0 N–H and O–H groups in total. The molecule has 2 aliphatic heterocycles. The normalized spacial score (nSPS) is 29.8. The molecule has 29 heavy (non-hydrogen) atoms. The average molecular weight is 422 g/mol. The first-order valence-corrected chi connectivity index (χ1v) is 13.4. The second kappa shape index (κ2) is 8.96. The number of carbonyl (C=O) groups is 1. The van der Waals surface area contributed by atoms with E-state index in [2.05, 4.69) is 33.9 Å². The zero-order valence-electron chi connectivity index (χ0n) is 18.5. The average Bonchev–Trinajstić information content (AvgIpc) is 2.63. The molecular weight excluding hydrogens is 386 g/mol. The van der Waals surface area contributed by atoms with E-state index in [0.717, 1.165) is 5.56 Å². The van der Waals surface area contributed by atoms with Crippen LogP contribution in [0.3, 0.4) is 0 Å². The van der Waals surface area contributed by atoms with Crippen molar-refractivity contribution in [3.8, 4) is 0 Å². The fraction of sp³-hybridized carbons (Fsp3) is 0.682. The molecule has 0 unspecified atom stereocenters. The lowest BCUT2D eigenvalue weighted by atomic mass is 9.97. The summed E-state index contributed by atoms with van der Waals surface area (Å²) in [5.41, 5.74) is 1.09. The van der Waals surface area contributed by atoms with Crippen molar-refractivity contribution in [2.24, 2.45) is 0 Å². The highest BCUT2D eigenvalue weighted by Gasteiger charge is 2.49. The molecule has 0 aliphatic carbocycles. The Morgan fingerprint density at radius 1 is 1.21 bits per heavy atom. The van der Waals surface area contributed by atoms with E-state index in [-0.39, 0.29) is 23.2 Å². The molecule has 4 atom stereocenters. The van der Waals surface area contributed by atoms with Crippen LogP contribution in [0, 0.1) is 0 Å². The number of hydrogen-bond donors (Lipinski definition) is 0. The zero-order valence-corrected chi connectivity index (χ0v) is 19.5. The van der Waals surface area contributed by atoms with Gasteiger partial charge in [-0.15, -0.1) is 0 Å². The lowest BCUT2D eigenvalue weighted by Gasteiger charge is -2.47. The maximum Gasteiger partial charge on any atom is 0.192 e.